The highest BCUT2D eigenvalue weighted by Crippen LogP contribution is 2.20. The number of benzene rings is 1. The Hall–Kier alpha value is -2.11. The lowest BCUT2D eigenvalue weighted by molar-refractivity contribution is -0.119. The van der Waals surface area contributed by atoms with E-state index < -0.39 is 18.5 Å². The number of halogens is 2. The SMILES string of the molecule is CCc1ccccc1NC(=O)COC(=O)c1cnc(Cl)c(Cl)c1. The smallest absolute Gasteiger partial charge is 0.340 e. The molecule has 1 amide bonds. The van der Waals surface area contributed by atoms with Gasteiger partial charge in [0.15, 0.2) is 6.61 Å². The fourth-order valence-electron chi connectivity index (χ4n) is 1.88. The summed E-state index contributed by atoms with van der Waals surface area (Å²) in [6.45, 7) is 1.58. The van der Waals surface area contributed by atoms with Gasteiger partial charge in [-0.25, -0.2) is 9.78 Å². The molecule has 0 unspecified atom stereocenters. The fraction of sp³-hybridized carbons (Fsp3) is 0.188. The van der Waals surface area contributed by atoms with Crippen LogP contribution in [0.2, 0.25) is 10.2 Å². The van der Waals surface area contributed by atoms with Gasteiger partial charge in [0.05, 0.1) is 10.6 Å². The maximum atomic E-state index is 11.9. The van der Waals surface area contributed by atoms with Gasteiger partial charge in [-0.15, -0.1) is 0 Å². The highest BCUT2D eigenvalue weighted by atomic mass is 35.5. The topological polar surface area (TPSA) is 68.3 Å². The van der Waals surface area contributed by atoms with Crippen LogP contribution >= 0.6 is 23.2 Å². The fourth-order valence-corrected chi connectivity index (χ4v) is 2.15. The zero-order valence-electron chi connectivity index (χ0n) is 12.3. The van der Waals surface area contributed by atoms with Crippen molar-refractivity contribution in [3.05, 3.63) is 57.8 Å². The molecule has 120 valence electrons. The molecule has 1 aromatic heterocycles. The van der Waals surface area contributed by atoms with E-state index in [9.17, 15) is 9.59 Å². The Labute approximate surface area is 143 Å². The van der Waals surface area contributed by atoms with Crippen LogP contribution in [-0.2, 0) is 16.0 Å². The summed E-state index contributed by atoms with van der Waals surface area (Å²) in [6.07, 6.45) is 2.02. The van der Waals surface area contributed by atoms with E-state index in [0.29, 0.717) is 5.69 Å². The summed E-state index contributed by atoms with van der Waals surface area (Å²) >= 11 is 11.5. The van der Waals surface area contributed by atoms with E-state index >= 15 is 0 Å². The van der Waals surface area contributed by atoms with Gasteiger partial charge in [0, 0.05) is 11.9 Å². The van der Waals surface area contributed by atoms with Crippen molar-refractivity contribution in [2.24, 2.45) is 0 Å². The average molecular weight is 353 g/mol. The van der Waals surface area contributed by atoms with Crippen molar-refractivity contribution in [3.63, 3.8) is 0 Å². The van der Waals surface area contributed by atoms with Crippen LogP contribution in [0.1, 0.15) is 22.8 Å². The van der Waals surface area contributed by atoms with Crippen LogP contribution in [0, 0.1) is 0 Å². The van der Waals surface area contributed by atoms with Gasteiger partial charge in [-0.1, -0.05) is 48.3 Å². The molecule has 5 nitrogen and oxygen atoms in total. The molecule has 1 heterocycles. The van der Waals surface area contributed by atoms with Crippen LogP contribution in [0.25, 0.3) is 0 Å². The third-order valence-electron chi connectivity index (χ3n) is 3.04. The number of hydrogen-bond acceptors (Lipinski definition) is 4. The van der Waals surface area contributed by atoms with Crippen molar-refractivity contribution >= 4 is 40.8 Å². The van der Waals surface area contributed by atoms with Crippen LogP contribution < -0.4 is 5.32 Å². The maximum absolute atomic E-state index is 11.9. The molecular formula is C16H14Cl2N2O3. The van der Waals surface area contributed by atoms with Crippen molar-refractivity contribution in [2.45, 2.75) is 13.3 Å². The Balaban J connectivity index is 1.93. The van der Waals surface area contributed by atoms with Gasteiger partial charge < -0.3 is 10.1 Å². The van der Waals surface area contributed by atoms with Crippen molar-refractivity contribution in [1.82, 2.24) is 4.98 Å². The second kappa shape index (κ2) is 7.94. The zero-order chi connectivity index (χ0) is 16.8. The molecule has 0 saturated carbocycles. The quantitative estimate of drug-likeness (QED) is 0.657. The summed E-state index contributed by atoms with van der Waals surface area (Å²) in [5, 5.41) is 2.95. The number of esters is 1. The normalized spacial score (nSPS) is 10.2. The third-order valence-corrected chi connectivity index (χ3v) is 3.72. The lowest BCUT2D eigenvalue weighted by Gasteiger charge is -2.10. The molecule has 0 aliphatic heterocycles. The number of nitrogens with zero attached hydrogens (tertiary/aromatic N) is 1. The third kappa shape index (κ3) is 4.68. The number of anilines is 1. The van der Waals surface area contributed by atoms with Gasteiger partial charge in [0.2, 0.25) is 0 Å². The summed E-state index contributed by atoms with van der Waals surface area (Å²) in [5.74, 6) is -1.12. The monoisotopic (exact) mass is 352 g/mol. The van der Waals surface area contributed by atoms with Crippen LogP contribution in [0.15, 0.2) is 36.5 Å². The Morgan fingerprint density at radius 1 is 1.26 bits per heavy atom. The molecule has 23 heavy (non-hydrogen) atoms. The van der Waals surface area contributed by atoms with Gasteiger partial charge in [-0.05, 0) is 24.1 Å². The molecule has 1 aromatic carbocycles. The molecule has 0 bridgehead atoms. The maximum Gasteiger partial charge on any atom is 0.340 e. The van der Waals surface area contributed by atoms with Crippen LogP contribution in [0.3, 0.4) is 0 Å². The predicted molar refractivity (Wildman–Crippen MR) is 89.0 cm³/mol. The molecule has 0 aliphatic carbocycles. The molecule has 2 aromatic rings. The zero-order valence-corrected chi connectivity index (χ0v) is 13.8. The van der Waals surface area contributed by atoms with E-state index in [0.717, 1.165) is 12.0 Å². The summed E-state index contributed by atoms with van der Waals surface area (Å²) < 4.78 is 4.94. The van der Waals surface area contributed by atoms with E-state index in [1.807, 2.05) is 25.1 Å². The second-order valence-electron chi connectivity index (χ2n) is 4.63. The number of carbonyl (C=O) groups excluding carboxylic acids is 2. The van der Waals surface area contributed by atoms with E-state index in [2.05, 4.69) is 10.3 Å². The van der Waals surface area contributed by atoms with E-state index in [4.69, 9.17) is 27.9 Å². The second-order valence-corrected chi connectivity index (χ2v) is 5.40. The summed E-state index contributed by atoms with van der Waals surface area (Å²) in [6, 6.07) is 8.77. The molecular weight excluding hydrogens is 339 g/mol. The summed E-state index contributed by atoms with van der Waals surface area (Å²) in [4.78, 5) is 27.5. The highest BCUT2D eigenvalue weighted by molar-refractivity contribution is 6.41. The van der Waals surface area contributed by atoms with Crippen molar-refractivity contribution in [1.29, 1.82) is 0 Å². The molecule has 0 fully saturated rings. The lowest BCUT2D eigenvalue weighted by Crippen LogP contribution is -2.21. The molecule has 1 N–H and O–H groups in total. The number of amides is 1. The van der Waals surface area contributed by atoms with Crippen LogP contribution in [0.4, 0.5) is 5.69 Å². The number of pyridine rings is 1. The van der Waals surface area contributed by atoms with E-state index in [1.54, 1.807) is 6.07 Å². The van der Waals surface area contributed by atoms with E-state index in [-0.39, 0.29) is 15.7 Å². The first-order valence-corrected chi connectivity index (χ1v) is 7.62. The van der Waals surface area contributed by atoms with Gasteiger partial charge in [0.25, 0.3) is 5.91 Å². The first-order chi connectivity index (χ1) is 11.0. The summed E-state index contributed by atoms with van der Waals surface area (Å²) in [7, 11) is 0. The molecule has 0 aliphatic rings. The van der Waals surface area contributed by atoms with E-state index in [1.165, 1.54) is 12.3 Å². The minimum atomic E-state index is -0.699. The van der Waals surface area contributed by atoms with Crippen molar-refractivity contribution in [3.8, 4) is 0 Å². The minimum absolute atomic E-state index is 0.0946. The Morgan fingerprint density at radius 2 is 2.00 bits per heavy atom. The molecule has 7 heteroatoms. The van der Waals surface area contributed by atoms with Crippen molar-refractivity contribution in [2.75, 3.05) is 11.9 Å². The number of rotatable bonds is 5. The van der Waals surface area contributed by atoms with Gasteiger partial charge >= 0.3 is 5.97 Å². The average Bonchev–Trinajstić information content (AvgIpc) is 2.55. The minimum Gasteiger partial charge on any atom is -0.452 e. The predicted octanol–water partition coefficient (Wildman–Crippen LogP) is 3.75. The molecule has 2 rings (SSSR count). The number of nitrogens with one attached hydrogen (secondary N) is 1. The number of aryl methyl sites for hydroxylation is 1. The molecule has 0 atom stereocenters. The molecule has 0 spiro atoms. The van der Waals surface area contributed by atoms with Crippen LogP contribution in [0.5, 0.6) is 0 Å². The van der Waals surface area contributed by atoms with Gasteiger partial charge in [-0.2, -0.15) is 0 Å². The standard InChI is InChI=1S/C16H14Cl2N2O3/c1-2-10-5-3-4-6-13(10)20-14(21)9-23-16(22)11-7-12(17)15(18)19-8-11/h3-8H,2,9H2,1H3,(H,20,21). The first-order valence-electron chi connectivity index (χ1n) is 6.87. The number of aromatic nitrogens is 1. The Bertz CT molecular complexity index is 735. The van der Waals surface area contributed by atoms with Gasteiger partial charge in [-0.3, -0.25) is 4.79 Å². The van der Waals surface area contributed by atoms with Crippen molar-refractivity contribution < 1.29 is 14.3 Å². The summed E-state index contributed by atoms with van der Waals surface area (Å²) in [5.41, 5.74) is 1.83. The van der Waals surface area contributed by atoms with Gasteiger partial charge in [0.1, 0.15) is 5.15 Å². The van der Waals surface area contributed by atoms with Crippen LogP contribution in [-0.4, -0.2) is 23.5 Å². The largest absolute Gasteiger partial charge is 0.452 e. The Kier molecular flexibility index (Phi) is 5.96. The Morgan fingerprint density at radius 3 is 2.70 bits per heavy atom. The number of ether oxygens (including phenoxy) is 1. The number of para-hydroxylation sites is 1. The lowest BCUT2D eigenvalue weighted by atomic mass is 10.1. The highest BCUT2D eigenvalue weighted by Gasteiger charge is 2.13. The number of hydrogen-bond donors (Lipinski definition) is 1. The molecule has 0 saturated heterocycles. The first kappa shape index (κ1) is 17.2. The number of carbonyl (C=O) groups is 2. The molecule has 0 radical (unpaired) electrons.